The van der Waals surface area contributed by atoms with E-state index in [1.165, 1.54) is 12.1 Å². The van der Waals surface area contributed by atoms with E-state index in [4.69, 9.17) is 5.73 Å². The number of nitrogen functional groups attached to an aromatic ring is 1. The number of hydrogen-bond donors (Lipinski definition) is 1. The fourth-order valence-electron chi connectivity index (χ4n) is 2.26. The lowest BCUT2D eigenvalue weighted by Crippen LogP contribution is -1.96. The van der Waals surface area contributed by atoms with E-state index in [2.05, 4.69) is 0 Å². The van der Waals surface area contributed by atoms with Crippen molar-refractivity contribution in [2.75, 3.05) is 5.73 Å². The number of nitrogens with zero attached hydrogens (tertiary/aromatic N) is 1. The Kier molecular flexibility index (Phi) is 1.98. The van der Waals surface area contributed by atoms with Crippen molar-refractivity contribution in [3.63, 3.8) is 0 Å². The summed E-state index contributed by atoms with van der Waals surface area (Å²) in [7, 11) is 0. The van der Waals surface area contributed by atoms with Gasteiger partial charge in [0.15, 0.2) is 5.78 Å². The zero-order valence-corrected chi connectivity index (χ0v) is 9.21. The second-order valence-electron chi connectivity index (χ2n) is 4.09. The van der Waals surface area contributed by atoms with Crippen LogP contribution in [0.2, 0.25) is 0 Å². The molecule has 0 radical (unpaired) electrons. The van der Waals surface area contributed by atoms with Crippen molar-refractivity contribution in [1.29, 1.82) is 0 Å². The first-order valence-corrected chi connectivity index (χ1v) is 5.31. The molecular formula is C13H8N2O3. The van der Waals surface area contributed by atoms with Crippen LogP contribution in [0.1, 0.15) is 15.9 Å². The Hall–Kier alpha value is -2.69. The Morgan fingerprint density at radius 2 is 1.83 bits per heavy atom. The van der Waals surface area contributed by atoms with Crippen LogP contribution in [-0.4, -0.2) is 10.7 Å². The van der Waals surface area contributed by atoms with Crippen LogP contribution in [0.25, 0.3) is 11.1 Å². The van der Waals surface area contributed by atoms with Crippen LogP contribution in [0.4, 0.5) is 11.4 Å². The fraction of sp³-hybridized carbons (Fsp3) is 0. The van der Waals surface area contributed by atoms with Gasteiger partial charge in [0.25, 0.3) is 5.69 Å². The molecule has 3 rings (SSSR count). The Bertz CT molecular complexity index is 707. The number of rotatable bonds is 1. The molecule has 0 unspecified atom stereocenters. The van der Waals surface area contributed by atoms with Gasteiger partial charge in [0.05, 0.1) is 4.92 Å². The molecule has 0 aromatic heterocycles. The van der Waals surface area contributed by atoms with Gasteiger partial charge < -0.3 is 5.73 Å². The Morgan fingerprint density at radius 1 is 1.06 bits per heavy atom. The fourth-order valence-corrected chi connectivity index (χ4v) is 2.26. The second kappa shape index (κ2) is 3.40. The standard InChI is InChI=1S/C13H8N2O3/c14-11-3-1-2-9-12(11)8-5-4-7(15(17)18)6-10(8)13(9)16/h1-6H,14H2. The number of benzene rings is 2. The highest BCUT2D eigenvalue weighted by Gasteiger charge is 2.29. The monoisotopic (exact) mass is 240 g/mol. The number of nitro groups is 1. The predicted molar refractivity (Wildman–Crippen MR) is 66.4 cm³/mol. The zero-order chi connectivity index (χ0) is 12.9. The van der Waals surface area contributed by atoms with Crippen LogP contribution >= 0.6 is 0 Å². The Morgan fingerprint density at radius 3 is 2.56 bits per heavy atom. The number of carbonyl (C=O) groups excluding carboxylic acids is 1. The molecule has 1 aliphatic carbocycles. The summed E-state index contributed by atoms with van der Waals surface area (Å²) in [6, 6.07) is 9.35. The first kappa shape index (κ1) is 10.5. The van der Waals surface area contributed by atoms with Crippen LogP contribution in [0.3, 0.4) is 0 Å². The molecule has 0 aliphatic heterocycles. The third-order valence-corrected chi connectivity index (χ3v) is 3.07. The van der Waals surface area contributed by atoms with Crippen molar-refractivity contribution in [2.45, 2.75) is 0 Å². The molecule has 88 valence electrons. The van der Waals surface area contributed by atoms with E-state index >= 15 is 0 Å². The van der Waals surface area contributed by atoms with Gasteiger partial charge >= 0.3 is 0 Å². The molecule has 0 amide bonds. The van der Waals surface area contributed by atoms with E-state index < -0.39 is 4.92 Å². The van der Waals surface area contributed by atoms with Gasteiger partial charge in [-0.3, -0.25) is 14.9 Å². The SMILES string of the molecule is Nc1cccc2c1-c1ccc([N+](=O)[O-])cc1C2=O. The highest BCUT2D eigenvalue weighted by molar-refractivity contribution is 6.23. The van der Waals surface area contributed by atoms with Crippen LogP contribution in [0.15, 0.2) is 36.4 Å². The van der Waals surface area contributed by atoms with Crippen LogP contribution in [0.5, 0.6) is 0 Å². The van der Waals surface area contributed by atoms with Gasteiger partial charge in [-0.25, -0.2) is 0 Å². The summed E-state index contributed by atoms with van der Waals surface area (Å²) in [4.78, 5) is 22.3. The van der Waals surface area contributed by atoms with Crippen molar-refractivity contribution < 1.29 is 9.72 Å². The lowest BCUT2D eigenvalue weighted by molar-refractivity contribution is -0.384. The Balaban J connectivity index is 2.31. The molecule has 0 saturated heterocycles. The number of hydrogen-bond acceptors (Lipinski definition) is 4. The summed E-state index contributed by atoms with van der Waals surface area (Å²) >= 11 is 0. The maximum atomic E-state index is 12.1. The molecule has 2 N–H and O–H groups in total. The van der Waals surface area contributed by atoms with Crippen molar-refractivity contribution in [3.8, 4) is 11.1 Å². The lowest BCUT2D eigenvalue weighted by atomic mass is 10.0. The van der Waals surface area contributed by atoms with Crippen molar-refractivity contribution in [3.05, 3.63) is 57.6 Å². The first-order chi connectivity index (χ1) is 8.59. The number of non-ortho nitro benzene ring substituents is 1. The van der Waals surface area contributed by atoms with Gasteiger partial charge in [0, 0.05) is 34.5 Å². The Labute approximate surface area is 102 Å². The quantitative estimate of drug-likeness (QED) is 0.402. The average Bonchev–Trinajstić information content (AvgIpc) is 2.64. The minimum atomic E-state index is -0.514. The molecule has 2 aromatic carbocycles. The van der Waals surface area contributed by atoms with Gasteiger partial charge in [-0.2, -0.15) is 0 Å². The third kappa shape index (κ3) is 1.24. The molecule has 2 aromatic rings. The summed E-state index contributed by atoms with van der Waals surface area (Å²) in [5.41, 5.74) is 8.47. The van der Waals surface area contributed by atoms with Crippen molar-refractivity contribution in [1.82, 2.24) is 0 Å². The molecule has 0 atom stereocenters. The average molecular weight is 240 g/mol. The molecular weight excluding hydrogens is 232 g/mol. The predicted octanol–water partition coefficient (Wildman–Crippen LogP) is 2.39. The molecule has 0 bridgehead atoms. The van der Waals surface area contributed by atoms with Crippen LogP contribution < -0.4 is 5.73 Å². The third-order valence-electron chi connectivity index (χ3n) is 3.07. The highest BCUT2D eigenvalue weighted by Crippen LogP contribution is 2.41. The molecule has 18 heavy (non-hydrogen) atoms. The van der Waals surface area contributed by atoms with Gasteiger partial charge in [0.1, 0.15) is 0 Å². The zero-order valence-electron chi connectivity index (χ0n) is 9.21. The molecule has 1 aliphatic rings. The topological polar surface area (TPSA) is 86.2 Å². The minimum Gasteiger partial charge on any atom is -0.398 e. The van der Waals surface area contributed by atoms with Gasteiger partial charge in [0.2, 0.25) is 0 Å². The minimum absolute atomic E-state index is 0.0894. The molecule has 0 heterocycles. The second-order valence-corrected chi connectivity index (χ2v) is 4.09. The van der Waals surface area contributed by atoms with Crippen LogP contribution in [0, 0.1) is 10.1 Å². The van der Waals surface area contributed by atoms with Crippen molar-refractivity contribution >= 4 is 17.2 Å². The molecule has 5 heteroatoms. The maximum Gasteiger partial charge on any atom is 0.270 e. The number of anilines is 1. The van der Waals surface area contributed by atoms with Gasteiger partial charge in [-0.15, -0.1) is 0 Å². The van der Waals surface area contributed by atoms with E-state index in [1.54, 1.807) is 24.3 Å². The van der Waals surface area contributed by atoms with Gasteiger partial charge in [-0.05, 0) is 17.7 Å². The van der Waals surface area contributed by atoms with Crippen molar-refractivity contribution in [2.24, 2.45) is 0 Å². The summed E-state index contributed by atoms with van der Waals surface area (Å²) in [5, 5.41) is 10.7. The number of nitro benzene ring substituents is 1. The smallest absolute Gasteiger partial charge is 0.270 e. The number of ketones is 1. The summed E-state index contributed by atoms with van der Waals surface area (Å²) in [5.74, 6) is -0.212. The van der Waals surface area contributed by atoms with Gasteiger partial charge in [-0.1, -0.05) is 12.1 Å². The molecule has 5 nitrogen and oxygen atoms in total. The van der Waals surface area contributed by atoms with E-state index in [0.29, 0.717) is 27.9 Å². The normalized spacial score (nSPS) is 12.1. The van der Waals surface area contributed by atoms with Crippen LogP contribution in [-0.2, 0) is 0 Å². The van der Waals surface area contributed by atoms with E-state index in [-0.39, 0.29) is 11.5 Å². The summed E-state index contributed by atoms with van der Waals surface area (Å²) in [6.07, 6.45) is 0. The summed E-state index contributed by atoms with van der Waals surface area (Å²) in [6.45, 7) is 0. The number of fused-ring (bicyclic) bond motifs is 3. The maximum absolute atomic E-state index is 12.1. The van der Waals surface area contributed by atoms with E-state index in [0.717, 1.165) is 0 Å². The largest absolute Gasteiger partial charge is 0.398 e. The first-order valence-electron chi connectivity index (χ1n) is 5.31. The lowest BCUT2D eigenvalue weighted by Gasteiger charge is -2.03. The molecule has 0 fully saturated rings. The summed E-state index contributed by atoms with van der Waals surface area (Å²) < 4.78 is 0. The number of carbonyl (C=O) groups is 1. The number of nitrogens with two attached hydrogens (primary N) is 1. The molecule has 0 saturated carbocycles. The molecule has 0 spiro atoms. The highest BCUT2D eigenvalue weighted by atomic mass is 16.6. The van der Waals surface area contributed by atoms with E-state index in [9.17, 15) is 14.9 Å². The van der Waals surface area contributed by atoms with E-state index in [1.807, 2.05) is 0 Å².